The monoisotopic (exact) mass is 188 g/mol. The summed E-state index contributed by atoms with van der Waals surface area (Å²) in [4.78, 5) is 8.36. The third-order valence-corrected chi connectivity index (χ3v) is 0.569. The zero-order chi connectivity index (χ0) is 7.54. The van der Waals surface area contributed by atoms with E-state index in [0.29, 0.717) is 0 Å². The molecular weight excluding hydrogens is 176 g/mol. The molecule has 0 rings (SSSR count). The fourth-order valence-electron chi connectivity index (χ4n) is 0.285. The Morgan fingerprint density at radius 3 is 1.91 bits per heavy atom. The maximum atomic E-state index is 8.36. The maximum absolute atomic E-state index is 8.36. The third kappa shape index (κ3) is 65.8. The molecule has 0 aromatic carbocycles. The SMILES string of the molecule is O=CO.[CH2-]C/C=C\CC.[Cl-].[Mg+2]. The van der Waals surface area contributed by atoms with Gasteiger partial charge in [0.1, 0.15) is 0 Å². The Kier molecular flexibility index (Phi) is 65.0. The predicted octanol–water partition coefficient (Wildman–Crippen LogP) is -1.50. The molecule has 0 fully saturated rings. The summed E-state index contributed by atoms with van der Waals surface area (Å²) >= 11 is 0. The van der Waals surface area contributed by atoms with Gasteiger partial charge in [0.25, 0.3) is 6.47 Å². The van der Waals surface area contributed by atoms with E-state index in [1.165, 1.54) is 0 Å². The topological polar surface area (TPSA) is 37.3 Å². The number of hydrogen-bond donors (Lipinski definition) is 1. The molecule has 0 aliphatic heterocycles. The first kappa shape index (κ1) is 22.5. The van der Waals surface area contributed by atoms with Crippen LogP contribution in [0.15, 0.2) is 12.2 Å². The summed E-state index contributed by atoms with van der Waals surface area (Å²) in [5, 5.41) is 6.89. The second-order valence-corrected chi connectivity index (χ2v) is 1.27. The average molecular weight is 189 g/mol. The van der Waals surface area contributed by atoms with Crippen LogP contribution in [0.5, 0.6) is 0 Å². The Labute approximate surface area is 90.6 Å². The van der Waals surface area contributed by atoms with E-state index in [1.807, 2.05) is 0 Å². The van der Waals surface area contributed by atoms with E-state index < -0.39 is 0 Å². The standard InChI is InChI=1S/C6H11.CH2O2.ClH.Mg/c1-3-5-6-4-2;2-1-3;;/h5-6H,1,3-4H2,2H3;1H,(H,2,3);1H;/q-1;;;+2/p-1/b6-5-;;;. The van der Waals surface area contributed by atoms with E-state index in [1.54, 1.807) is 0 Å². The summed E-state index contributed by atoms with van der Waals surface area (Å²) in [6.45, 7) is 5.50. The van der Waals surface area contributed by atoms with E-state index in [0.717, 1.165) is 12.8 Å². The molecule has 0 aromatic rings. The average Bonchev–Trinajstić information content (AvgIpc) is 1.86. The summed E-state index contributed by atoms with van der Waals surface area (Å²) < 4.78 is 0. The second-order valence-electron chi connectivity index (χ2n) is 1.27. The van der Waals surface area contributed by atoms with E-state index in [9.17, 15) is 0 Å². The maximum Gasteiger partial charge on any atom is 2.00 e. The molecule has 2 nitrogen and oxygen atoms in total. The van der Waals surface area contributed by atoms with Crippen molar-refractivity contribution in [2.24, 2.45) is 0 Å². The Morgan fingerprint density at radius 2 is 1.82 bits per heavy atom. The van der Waals surface area contributed by atoms with Crippen molar-refractivity contribution >= 4 is 29.5 Å². The minimum atomic E-state index is -0.250. The fraction of sp³-hybridized carbons (Fsp3) is 0.429. The molecule has 0 amide bonds. The number of rotatable bonds is 2. The fourth-order valence-corrected chi connectivity index (χ4v) is 0.285. The van der Waals surface area contributed by atoms with Gasteiger partial charge in [-0.2, -0.15) is 6.42 Å². The first-order valence-corrected chi connectivity index (χ1v) is 2.85. The summed E-state index contributed by atoms with van der Waals surface area (Å²) in [7, 11) is 0. The summed E-state index contributed by atoms with van der Waals surface area (Å²) in [5.41, 5.74) is 0. The minimum absolute atomic E-state index is 0. The number of carbonyl (C=O) groups is 1. The molecule has 0 atom stereocenters. The molecule has 4 heteroatoms. The van der Waals surface area contributed by atoms with E-state index in [2.05, 4.69) is 26.0 Å². The zero-order valence-corrected chi connectivity index (χ0v) is 8.96. The molecule has 0 heterocycles. The minimum Gasteiger partial charge on any atom is -1.00 e. The van der Waals surface area contributed by atoms with Crippen molar-refractivity contribution in [3.05, 3.63) is 19.1 Å². The quantitative estimate of drug-likeness (QED) is 0.248. The van der Waals surface area contributed by atoms with Gasteiger partial charge in [-0.25, -0.2) is 0 Å². The number of hydrogen-bond acceptors (Lipinski definition) is 1. The molecule has 0 saturated heterocycles. The molecule has 62 valence electrons. The molecule has 0 unspecified atom stereocenters. The molecule has 0 spiro atoms. The number of carboxylic acid groups (broad SMARTS) is 1. The summed E-state index contributed by atoms with van der Waals surface area (Å²) in [6, 6.07) is 0. The molecule has 0 aliphatic rings. The van der Waals surface area contributed by atoms with Crippen molar-refractivity contribution in [2.45, 2.75) is 19.8 Å². The second kappa shape index (κ2) is 31.8. The van der Waals surface area contributed by atoms with Crippen LogP contribution in [0.25, 0.3) is 0 Å². The molecular formula is C7H13ClMgO2. The molecule has 0 saturated carbocycles. The Hall–Kier alpha value is 0.266. The molecule has 1 N–H and O–H groups in total. The van der Waals surface area contributed by atoms with Crippen molar-refractivity contribution in [3.63, 3.8) is 0 Å². The van der Waals surface area contributed by atoms with E-state index in [4.69, 9.17) is 9.90 Å². The predicted molar refractivity (Wildman–Crippen MR) is 43.9 cm³/mol. The number of halogens is 1. The van der Waals surface area contributed by atoms with Crippen LogP contribution >= 0.6 is 0 Å². The van der Waals surface area contributed by atoms with Crippen molar-refractivity contribution in [3.8, 4) is 0 Å². The molecule has 11 heavy (non-hydrogen) atoms. The first-order valence-electron chi connectivity index (χ1n) is 2.85. The van der Waals surface area contributed by atoms with Crippen molar-refractivity contribution < 1.29 is 22.3 Å². The van der Waals surface area contributed by atoms with Gasteiger partial charge in [0.15, 0.2) is 0 Å². The van der Waals surface area contributed by atoms with E-state index in [-0.39, 0.29) is 41.9 Å². The van der Waals surface area contributed by atoms with Crippen LogP contribution in [0.3, 0.4) is 0 Å². The van der Waals surface area contributed by atoms with Crippen LogP contribution in [0.4, 0.5) is 0 Å². The third-order valence-electron chi connectivity index (χ3n) is 0.569. The van der Waals surface area contributed by atoms with Gasteiger partial charge in [0.2, 0.25) is 0 Å². The number of allylic oxidation sites excluding steroid dienone is 2. The van der Waals surface area contributed by atoms with Crippen LogP contribution in [-0.2, 0) is 4.79 Å². The first-order chi connectivity index (χ1) is 4.33. The normalized spacial score (nSPS) is 6.73. The van der Waals surface area contributed by atoms with Gasteiger partial charge in [0, 0.05) is 0 Å². The van der Waals surface area contributed by atoms with Gasteiger partial charge in [-0.15, -0.1) is 6.08 Å². The van der Waals surface area contributed by atoms with Crippen LogP contribution in [0.2, 0.25) is 0 Å². The van der Waals surface area contributed by atoms with Crippen molar-refractivity contribution in [1.29, 1.82) is 0 Å². The summed E-state index contributed by atoms with van der Waals surface area (Å²) in [6.07, 6.45) is 6.25. The van der Waals surface area contributed by atoms with Gasteiger partial charge in [-0.1, -0.05) is 13.0 Å². The smallest absolute Gasteiger partial charge is 1.00 e. The van der Waals surface area contributed by atoms with Crippen LogP contribution in [0, 0.1) is 6.92 Å². The zero-order valence-electron chi connectivity index (χ0n) is 6.79. The molecule has 0 radical (unpaired) electrons. The Bertz CT molecular complexity index is 70.8. The molecule has 0 aromatic heterocycles. The largest absolute Gasteiger partial charge is 2.00 e. The van der Waals surface area contributed by atoms with Gasteiger partial charge < -0.3 is 24.4 Å². The van der Waals surface area contributed by atoms with Gasteiger partial charge in [0.05, 0.1) is 0 Å². The van der Waals surface area contributed by atoms with Crippen molar-refractivity contribution in [2.75, 3.05) is 0 Å². The summed E-state index contributed by atoms with van der Waals surface area (Å²) in [5.74, 6) is 0. The van der Waals surface area contributed by atoms with Gasteiger partial charge >= 0.3 is 23.1 Å². The van der Waals surface area contributed by atoms with Crippen molar-refractivity contribution in [1.82, 2.24) is 0 Å². The Balaban J connectivity index is -0.0000000437. The van der Waals surface area contributed by atoms with Crippen LogP contribution in [0.1, 0.15) is 19.8 Å². The molecule has 0 aliphatic carbocycles. The molecule has 0 bridgehead atoms. The Morgan fingerprint density at radius 1 is 1.45 bits per heavy atom. The van der Waals surface area contributed by atoms with Gasteiger partial charge in [-0.3, -0.25) is 4.79 Å². The van der Waals surface area contributed by atoms with Crippen LogP contribution < -0.4 is 12.4 Å². The van der Waals surface area contributed by atoms with Gasteiger partial charge in [-0.05, 0) is 6.42 Å². The van der Waals surface area contributed by atoms with E-state index >= 15 is 0 Å². The van der Waals surface area contributed by atoms with Crippen LogP contribution in [-0.4, -0.2) is 34.6 Å².